The van der Waals surface area contributed by atoms with Gasteiger partial charge in [-0.05, 0) is 54.3 Å². The van der Waals surface area contributed by atoms with Gasteiger partial charge < -0.3 is 5.11 Å². The van der Waals surface area contributed by atoms with E-state index in [1.165, 1.54) is 0 Å². The van der Waals surface area contributed by atoms with Crippen LogP contribution in [0, 0.1) is 39.9 Å². The highest BCUT2D eigenvalue weighted by Gasteiger charge is 2.67. The standard InChI is InChI=1S/C23H35IO3/c1-6-21(4)12-16(11-17(25)13-24)22(5)14(2)7-9-23(15(3)20(21)27)10-8-18(26)19(22)23/h6,14-16,19-20,27H,1,7-13H2,2-5H3/t14-,15+,16-,19+,20+,21-,22+,23+/m1/s1. The number of alkyl halides is 1. The highest BCUT2D eigenvalue weighted by atomic mass is 127. The highest BCUT2D eigenvalue weighted by molar-refractivity contribution is 14.1. The molecular formula is C23H35IO3. The third-order valence-corrected chi connectivity index (χ3v) is 10.0. The molecule has 3 aliphatic rings. The summed E-state index contributed by atoms with van der Waals surface area (Å²) in [5.41, 5.74) is -0.752. The predicted octanol–water partition coefficient (Wildman–Crippen LogP) is 4.99. The summed E-state index contributed by atoms with van der Waals surface area (Å²) in [5, 5.41) is 11.4. The molecule has 4 heteroatoms. The third-order valence-electron chi connectivity index (χ3n) is 9.17. The van der Waals surface area contributed by atoms with E-state index >= 15 is 0 Å². The topological polar surface area (TPSA) is 54.4 Å². The number of hydrogen-bond donors (Lipinski definition) is 1. The van der Waals surface area contributed by atoms with Crippen molar-refractivity contribution in [2.24, 2.45) is 39.9 Å². The van der Waals surface area contributed by atoms with Gasteiger partial charge in [-0.25, -0.2) is 0 Å². The minimum Gasteiger partial charge on any atom is -0.392 e. The lowest BCUT2D eigenvalue weighted by molar-refractivity contribution is -0.177. The molecule has 27 heavy (non-hydrogen) atoms. The smallest absolute Gasteiger partial charge is 0.142 e. The second-order valence-corrected chi connectivity index (χ2v) is 10.9. The van der Waals surface area contributed by atoms with Gasteiger partial charge in [0.2, 0.25) is 0 Å². The van der Waals surface area contributed by atoms with Gasteiger partial charge in [-0.3, -0.25) is 9.59 Å². The summed E-state index contributed by atoms with van der Waals surface area (Å²) in [6.07, 6.45) is 6.22. The number of hydrogen-bond acceptors (Lipinski definition) is 3. The Kier molecular flexibility index (Phi) is 5.75. The number of ketones is 2. The van der Waals surface area contributed by atoms with Crippen molar-refractivity contribution in [1.82, 2.24) is 0 Å². The monoisotopic (exact) mass is 486 g/mol. The Morgan fingerprint density at radius 3 is 2.59 bits per heavy atom. The average molecular weight is 486 g/mol. The Labute approximate surface area is 177 Å². The Morgan fingerprint density at radius 2 is 2.00 bits per heavy atom. The molecule has 2 bridgehead atoms. The van der Waals surface area contributed by atoms with Crippen LogP contribution in [0.15, 0.2) is 12.7 Å². The Bertz CT molecular complexity index is 646. The summed E-state index contributed by atoms with van der Waals surface area (Å²) >= 11 is 2.15. The molecule has 0 aromatic heterocycles. The van der Waals surface area contributed by atoms with Gasteiger partial charge in [0.15, 0.2) is 0 Å². The lowest BCUT2D eigenvalue weighted by Crippen LogP contribution is -2.61. The molecule has 0 aromatic carbocycles. The average Bonchev–Trinajstić information content (AvgIpc) is 3.00. The summed E-state index contributed by atoms with van der Waals surface area (Å²) in [4.78, 5) is 25.8. The molecule has 3 saturated carbocycles. The lowest BCUT2D eigenvalue weighted by Gasteiger charge is -2.62. The first-order valence-corrected chi connectivity index (χ1v) is 12.0. The van der Waals surface area contributed by atoms with Crippen molar-refractivity contribution < 1.29 is 14.7 Å². The van der Waals surface area contributed by atoms with Crippen LogP contribution in [-0.2, 0) is 9.59 Å². The zero-order valence-corrected chi connectivity index (χ0v) is 19.4. The first kappa shape index (κ1) is 21.5. The molecule has 0 aliphatic heterocycles. The molecule has 0 radical (unpaired) electrons. The van der Waals surface area contributed by atoms with Crippen molar-refractivity contribution in [3.63, 3.8) is 0 Å². The van der Waals surface area contributed by atoms with Gasteiger partial charge >= 0.3 is 0 Å². The Morgan fingerprint density at radius 1 is 1.33 bits per heavy atom. The molecule has 8 atom stereocenters. The molecule has 3 aliphatic carbocycles. The van der Waals surface area contributed by atoms with Crippen molar-refractivity contribution in [3.8, 4) is 0 Å². The van der Waals surface area contributed by atoms with Crippen LogP contribution < -0.4 is 0 Å². The largest absolute Gasteiger partial charge is 0.392 e. The zero-order valence-electron chi connectivity index (χ0n) is 17.3. The first-order chi connectivity index (χ1) is 12.6. The number of carbonyl (C=O) groups is 2. The summed E-state index contributed by atoms with van der Waals surface area (Å²) < 4.78 is 0.506. The van der Waals surface area contributed by atoms with Gasteiger partial charge in [0.05, 0.1) is 10.5 Å². The van der Waals surface area contributed by atoms with Gasteiger partial charge in [-0.1, -0.05) is 56.4 Å². The fraction of sp³-hybridized carbons (Fsp3) is 0.826. The van der Waals surface area contributed by atoms with E-state index in [4.69, 9.17) is 0 Å². The maximum Gasteiger partial charge on any atom is 0.142 e. The molecule has 0 heterocycles. The number of carbonyl (C=O) groups excluding carboxylic acids is 2. The van der Waals surface area contributed by atoms with E-state index in [2.05, 4.69) is 56.9 Å². The normalized spacial score (nSPS) is 49.9. The van der Waals surface area contributed by atoms with Gasteiger partial charge in [0, 0.05) is 24.2 Å². The summed E-state index contributed by atoms with van der Waals surface area (Å²) in [6.45, 7) is 12.9. The zero-order chi connectivity index (χ0) is 20.2. The summed E-state index contributed by atoms with van der Waals surface area (Å²) in [6, 6.07) is 0. The number of aliphatic hydroxyl groups is 1. The van der Waals surface area contributed by atoms with E-state index in [0.29, 0.717) is 29.0 Å². The molecule has 0 unspecified atom stereocenters. The van der Waals surface area contributed by atoms with Crippen LogP contribution in [0.5, 0.6) is 0 Å². The molecule has 0 spiro atoms. The molecule has 3 rings (SSSR count). The van der Waals surface area contributed by atoms with E-state index in [1.807, 2.05) is 6.08 Å². The van der Waals surface area contributed by atoms with Gasteiger partial charge in [0.1, 0.15) is 11.6 Å². The maximum atomic E-state index is 13.2. The van der Waals surface area contributed by atoms with Crippen molar-refractivity contribution in [2.75, 3.05) is 4.43 Å². The highest BCUT2D eigenvalue weighted by Crippen LogP contribution is 2.69. The predicted molar refractivity (Wildman–Crippen MR) is 117 cm³/mol. The molecule has 0 amide bonds. The van der Waals surface area contributed by atoms with Crippen LogP contribution in [0.25, 0.3) is 0 Å². The molecule has 1 N–H and O–H groups in total. The lowest BCUT2D eigenvalue weighted by atomic mass is 9.41. The van der Waals surface area contributed by atoms with Gasteiger partial charge in [-0.15, -0.1) is 6.58 Å². The van der Waals surface area contributed by atoms with Crippen LogP contribution in [0.2, 0.25) is 0 Å². The molecule has 152 valence electrons. The Hall–Kier alpha value is -0.230. The van der Waals surface area contributed by atoms with Gasteiger partial charge in [-0.2, -0.15) is 0 Å². The van der Waals surface area contributed by atoms with Crippen LogP contribution >= 0.6 is 22.6 Å². The summed E-state index contributed by atoms with van der Waals surface area (Å²) in [7, 11) is 0. The third kappa shape index (κ3) is 2.99. The van der Waals surface area contributed by atoms with Crippen LogP contribution in [0.3, 0.4) is 0 Å². The van der Waals surface area contributed by atoms with Gasteiger partial charge in [0.25, 0.3) is 0 Å². The van der Waals surface area contributed by atoms with Crippen molar-refractivity contribution in [2.45, 2.75) is 72.3 Å². The minimum atomic E-state index is -0.529. The second-order valence-electron chi connectivity index (χ2n) is 10.2. The van der Waals surface area contributed by atoms with E-state index in [-0.39, 0.29) is 34.4 Å². The minimum absolute atomic E-state index is 0.0280. The number of halogens is 1. The number of aliphatic hydroxyl groups excluding tert-OH is 1. The molecular weight excluding hydrogens is 451 g/mol. The molecule has 3 nitrogen and oxygen atoms in total. The SMILES string of the molecule is C=C[C@]1(C)C[C@@H](CC(=O)CI)[C@]2(C)[C@H](C)CC[C@]3(CCC(=O)[C@H]32)[C@@H](C)[C@@H]1O. The van der Waals surface area contributed by atoms with E-state index in [1.54, 1.807) is 0 Å². The number of Topliss-reactive ketones (excluding diaryl/α,β-unsaturated/α-hetero) is 2. The van der Waals surface area contributed by atoms with E-state index < -0.39 is 11.5 Å². The quantitative estimate of drug-likeness (QED) is 0.346. The van der Waals surface area contributed by atoms with Crippen molar-refractivity contribution in [1.29, 1.82) is 0 Å². The van der Waals surface area contributed by atoms with Crippen molar-refractivity contribution >= 4 is 34.2 Å². The molecule has 0 saturated heterocycles. The van der Waals surface area contributed by atoms with Crippen molar-refractivity contribution in [3.05, 3.63) is 12.7 Å². The fourth-order valence-electron chi connectivity index (χ4n) is 7.22. The first-order valence-electron chi connectivity index (χ1n) is 10.5. The molecule has 0 aromatic rings. The Balaban J connectivity index is 2.21. The maximum absolute atomic E-state index is 13.2. The van der Waals surface area contributed by atoms with Crippen LogP contribution in [0.4, 0.5) is 0 Å². The van der Waals surface area contributed by atoms with Crippen LogP contribution in [0.1, 0.15) is 66.2 Å². The second kappa shape index (κ2) is 7.23. The van der Waals surface area contributed by atoms with E-state index in [9.17, 15) is 14.7 Å². The summed E-state index contributed by atoms with van der Waals surface area (Å²) in [5.74, 6) is 1.17. The molecule has 3 fully saturated rings. The van der Waals surface area contributed by atoms with Crippen LogP contribution in [-0.4, -0.2) is 27.2 Å². The van der Waals surface area contributed by atoms with E-state index in [0.717, 1.165) is 25.7 Å². The number of rotatable bonds is 4. The fourth-order valence-corrected chi connectivity index (χ4v) is 7.53.